The van der Waals surface area contributed by atoms with Gasteiger partial charge in [-0.05, 0) is 54.5 Å². The predicted octanol–water partition coefficient (Wildman–Crippen LogP) is 3.85. The van der Waals surface area contributed by atoms with Gasteiger partial charge in [-0.25, -0.2) is 0 Å². The normalized spacial score (nSPS) is 18.5. The molecule has 1 amide bonds. The number of carbonyl (C=O) groups excluding carboxylic acids is 1. The van der Waals surface area contributed by atoms with Gasteiger partial charge in [-0.1, -0.05) is 36.4 Å². The number of carbonyl (C=O) groups is 1. The Morgan fingerprint density at radius 1 is 1.06 bits per heavy atom. The number of fused-ring (bicyclic) bond motifs is 2. The number of hydrogen-bond donors (Lipinski definition) is 0. The van der Waals surface area contributed by atoms with Crippen molar-refractivity contribution in [1.82, 2.24) is 9.80 Å². The van der Waals surface area contributed by atoms with Crippen LogP contribution < -0.4 is 4.18 Å². The summed E-state index contributed by atoms with van der Waals surface area (Å²) in [7, 11) is -5.74. The molecule has 1 spiro atoms. The average Bonchev–Trinajstić information content (AvgIpc) is 2.78. The first kappa shape index (κ1) is 24.5. The first-order valence-corrected chi connectivity index (χ1v) is 12.6. The van der Waals surface area contributed by atoms with E-state index in [0.717, 1.165) is 31.6 Å². The molecule has 0 unspecified atom stereocenters. The van der Waals surface area contributed by atoms with Gasteiger partial charge in [0.15, 0.2) is 0 Å². The van der Waals surface area contributed by atoms with Gasteiger partial charge in [-0.15, -0.1) is 0 Å². The van der Waals surface area contributed by atoms with Crippen LogP contribution in [0.15, 0.2) is 48.5 Å². The molecule has 0 aromatic heterocycles. The molecular formula is C24H27F3N2O4S. The lowest BCUT2D eigenvalue weighted by Crippen LogP contribution is -2.57. The molecule has 4 rings (SSSR count). The second-order valence-corrected chi connectivity index (χ2v) is 10.4. The Morgan fingerprint density at radius 3 is 2.35 bits per heavy atom. The van der Waals surface area contributed by atoms with E-state index >= 15 is 0 Å². The zero-order chi connectivity index (χ0) is 24.6. The number of halogens is 3. The van der Waals surface area contributed by atoms with Crippen molar-refractivity contribution in [3.63, 3.8) is 0 Å². The van der Waals surface area contributed by atoms with Gasteiger partial charge in [0.1, 0.15) is 5.75 Å². The monoisotopic (exact) mass is 496 g/mol. The minimum atomic E-state index is -5.74. The van der Waals surface area contributed by atoms with E-state index in [-0.39, 0.29) is 11.7 Å². The Labute approximate surface area is 197 Å². The minimum absolute atomic E-state index is 0.0524. The number of hydrogen-bond acceptors (Lipinski definition) is 5. The number of nitrogens with zero attached hydrogens (tertiary/aromatic N) is 2. The van der Waals surface area contributed by atoms with Gasteiger partial charge < -0.3 is 14.0 Å². The summed E-state index contributed by atoms with van der Waals surface area (Å²) in [6.07, 6.45) is 2.72. The van der Waals surface area contributed by atoms with Crippen LogP contribution in [0.5, 0.6) is 5.75 Å². The molecule has 0 aliphatic carbocycles. The first-order valence-electron chi connectivity index (χ1n) is 11.2. The van der Waals surface area contributed by atoms with E-state index in [1.165, 1.54) is 24.6 Å². The van der Waals surface area contributed by atoms with E-state index in [9.17, 15) is 26.4 Å². The topological polar surface area (TPSA) is 66.9 Å². The van der Waals surface area contributed by atoms with E-state index in [0.29, 0.717) is 31.4 Å². The highest BCUT2D eigenvalue weighted by atomic mass is 32.2. The Bertz CT molecular complexity index is 1140. The van der Waals surface area contributed by atoms with Gasteiger partial charge in [0, 0.05) is 33.1 Å². The molecule has 0 atom stereocenters. The highest BCUT2D eigenvalue weighted by molar-refractivity contribution is 7.88. The molecular weight excluding hydrogens is 469 g/mol. The summed E-state index contributed by atoms with van der Waals surface area (Å²) in [5.41, 5.74) is -3.23. The summed E-state index contributed by atoms with van der Waals surface area (Å²) in [5, 5.41) is 0. The van der Waals surface area contributed by atoms with Crippen molar-refractivity contribution in [1.29, 1.82) is 0 Å². The SMILES string of the molecule is CC(=O)N1CCc2cc(OS(=O)(=O)C(F)(F)F)ccc2C12CCN(CCc1ccccc1)CC2. The molecule has 2 aromatic carbocycles. The molecule has 2 aliphatic heterocycles. The molecule has 0 radical (unpaired) electrons. The van der Waals surface area contributed by atoms with Crippen molar-refractivity contribution in [2.75, 3.05) is 26.2 Å². The fourth-order valence-electron chi connectivity index (χ4n) is 5.12. The van der Waals surface area contributed by atoms with Gasteiger partial charge in [0.05, 0.1) is 5.54 Å². The van der Waals surface area contributed by atoms with Crippen molar-refractivity contribution in [3.8, 4) is 5.75 Å². The largest absolute Gasteiger partial charge is 0.534 e. The molecule has 184 valence electrons. The summed E-state index contributed by atoms with van der Waals surface area (Å²) >= 11 is 0. The number of amides is 1. The van der Waals surface area contributed by atoms with Crippen LogP contribution in [0.1, 0.15) is 36.5 Å². The number of benzene rings is 2. The van der Waals surface area contributed by atoms with E-state index < -0.39 is 21.2 Å². The van der Waals surface area contributed by atoms with Crippen molar-refractivity contribution >= 4 is 16.0 Å². The molecule has 6 nitrogen and oxygen atoms in total. The summed E-state index contributed by atoms with van der Waals surface area (Å²) in [6, 6.07) is 14.4. The van der Waals surface area contributed by atoms with Crippen LogP contribution in [0.3, 0.4) is 0 Å². The maximum atomic E-state index is 12.7. The van der Waals surface area contributed by atoms with Crippen LogP contribution in [0.4, 0.5) is 13.2 Å². The molecule has 10 heteroatoms. The van der Waals surface area contributed by atoms with Gasteiger partial charge in [0.25, 0.3) is 0 Å². The lowest BCUT2D eigenvalue weighted by atomic mass is 9.74. The molecule has 1 saturated heterocycles. The molecule has 2 heterocycles. The summed E-state index contributed by atoms with van der Waals surface area (Å²) in [4.78, 5) is 16.7. The maximum absolute atomic E-state index is 12.7. The fourth-order valence-corrected chi connectivity index (χ4v) is 5.58. The smallest absolute Gasteiger partial charge is 0.376 e. The van der Waals surface area contributed by atoms with Crippen LogP contribution >= 0.6 is 0 Å². The molecule has 34 heavy (non-hydrogen) atoms. The third-order valence-corrected chi connectivity index (χ3v) is 7.79. The highest BCUT2D eigenvalue weighted by Crippen LogP contribution is 2.44. The third-order valence-electron chi connectivity index (χ3n) is 6.81. The number of likely N-dealkylation sites (tertiary alicyclic amines) is 1. The lowest BCUT2D eigenvalue weighted by molar-refractivity contribution is -0.139. The molecule has 0 bridgehead atoms. The first-order chi connectivity index (χ1) is 16.0. The Kier molecular flexibility index (Phi) is 6.65. The van der Waals surface area contributed by atoms with Crippen LogP contribution in [-0.2, 0) is 33.3 Å². The summed E-state index contributed by atoms with van der Waals surface area (Å²) in [6.45, 7) is 4.40. The quantitative estimate of drug-likeness (QED) is 0.465. The van der Waals surface area contributed by atoms with Crippen LogP contribution in [-0.4, -0.2) is 55.8 Å². The zero-order valence-electron chi connectivity index (χ0n) is 18.8. The Balaban J connectivity index is 1.54. The predicted molar refractivity (Wildman–Crippen MR) is 121 cm³/mol. The average molecular weight is 497 g/mol. The molecule has 0 N–H and O–H groups in total. The van der Waals surface area contributed by atoms with Crippen LogP contribution in [0.2, 0.25) is 0 Å². The third kappa shape index (κ3) is 4.79. The van der Waals surface area contributed by atoms with E-state index in [2.05, 4.69) is 21.2 Å². The highest BCUT2D eigenvalue weighted by Gasteiger charge is 2.49. The Morgan fingerprint density at radius 2 is 1.74 bits per heavy atom. The molecule has 0 saturated carbocycles. The van der Waals surface area contributed by atoms with E-state index in [4.69, 9.17) is 0 Å². The van der Waals surface area contributed by atoms with Gasteiger partial charge in [-0.3, -0.25) is 4.79 Å². The maximum Gasteiger partial charge on any atom is 0.534 e. The number of piperidine rings is 1. The standard InChI is InChI=1S/C24H27F3N2O4S/c1-18(30)29-14-10-20-17-21(33-34(31,32)24(25,26)27)7-8-22(20)23(29)11-15-28(16-12-23)13-9-19-5-3-2-4-6-19/h2-8,17H,9-16H2,1H3. The van der Waals surface area contributed by atoms with E-state index in [1.807, 2.05) is 23.1 Å². The molecule has 1 fully saturated rings. The number of rotatable bonds is 5. The second kappa shape index (κ2) is 9.22. The van der Waals surface area contributed by atoms with Crippen LogP contribution in [0.25, 0.3) is 0 Å². The summed E-state index contributed by atoms with van der Waals surface area (Å²) in [5.74, 6) is -0.425. The molecule has 2 aliphatic rings. The summed E-state index contributed by atoms with van der Waals surface area (Å²) < 4.78 is 65.4. The number of alkyl halides is 3. The van der Waals surface area contributed by atoms with Crippen molar-refractivity contribution in [2.45, 2.75) is 43.7 Å². The second-order valence-electron chi connectivity index (χ2n) is 8.83. The van der Waals surface area contributed by atoms with Crippen molar-refractivity contribution < 1.29 is 30.6 Å². The Hall–Kier alpha value is -2.59. The molecule has 2 aromatic rings. The lowest BCUT2D eigenvalue weighted by Gasteiger charge is -2.52. The van der Waals surface area contributed by atoms with Gasteiger partial charge in [0.2, 0.25) is 5.91 Å². The van der Waals surface area contributed by atoms with Crippen molar-refractivity contribution in [3.05, 3.63) is 65.2 Å². The van der Waals surface area contributed by atoms with Crippen LogP contribution in [0, 0.1) is 0 Å². The minimum Gasteiger partial charge on any atom is -0.376 e. The van der Waals surface area contributed by atoms with Gasteiger partial charge >= 0.3 is 15.6 Å². The van der Waals surface area contributed by atoms with Gasteiger partial charge in [-0.2, -0.15) is 21.6 Å². The van der Waals surface area contributed by atoms with Crippen molar-refractivity contribution in [2.24, 2.45) is 0 Å². The fraction of sp³-hybridized carbons (Fsp3) is 0.458. The van der Waals surface area contributed by atoms with E-state index in [1.54, 1.807) is 6.07 Å². The zero-order valence-corrected chi connectivity index (χ0v) is 19.7.